The van der Waals surface area contributed by atoms with E-state index in [0.29, 0.717) is 0 Å². The number of rotatable bonds is 0. The predicted octanol–water partition coefficient (Wildman–Crippen LogP) is -5.25. The van der Waals surface area contributed by atoms with E-state index in [-0.39, 0.29) is 81.4 Å². The summed E-state index contributed by atoms with van der Waals surface area (Å²) in [6.07, 6.45) is 0. The standard InChI is InChI=1S/Al.FH.H4O4Si.H4Si.Sr.5H/c;;1-5(2,3)4;;;;;;;/h;1H;1-4H;1H4;;;;;;/q;;;;+2;;;;2*-1. The Morgan fingerprint density at radius 2 is 1.00 bits per heavy atom. The third kappa shape index (κ3) is 140. The zero-order chi connectivity index (χ0) is 4.50. The summed E-state index contributed by atoms with van der Waals surface area (Å²) in [5, 5.41) is 0. The maximum Gasteiger partial charge on any atom is 2.00 e. The van der Waals surface area contributed by atoms with Crippen molar-refractivity contribution in [3.63, 3.8) is 0 Å². The predicted molar refractivity (Wildman–Crippen MR) is 46.4 cm³/mol. The molecule has 4 nitrogen and oxygen atoms in total. The first-order chi connectivity index (χ1) is 2.00. The molecule has 0 amide bonds. The van der Waals surface area contributed by atoms with Crippen molar-refractivity contribution in [2.75, 3.05) is 0 Å². The average Bonchev–Trinajstić information content (AvgIpc) is 0.722. The fraction of sp³-hybridized carbons (Fsp3) is 0. The first-order valence-electron chi connectivity index (χ1n) is 0.894. The molecule has 0 saturated heterocycles. The van der Waals surface area contributed by atoms with Crippen LogP contribution < -0.4 is 0 Å². The molecule has 0 aliphatic rings. The summed E-state index contributed by atoms with van der Waals surface area (Å²) < 4.78 is 0. The molecular weight excluding hydrogens is 254 g/mol. The van der Waals surface area contributed by atoms with Gasteiger partial charge in [-0.2, -0.15) is 0 Å². The van der Waals surface area contributed by atoms with Crippen molar-refractivity contribution in [3.8, 4) is 0 Å². The summed E-state index contributed by atoms with van der Waals surface area (Å²) in [5.41, 5.74) is 0. The molecule has 9 heavy (non-hydrogen) atoms. The number of hydrogen-bond acceptors (Lipinski definition) is 4. The van der Waals surface area contributed by atoms with Gasteiger partial charge in [0.25, 0.3) is 0 Å². The van der Waals surface area contributed by atoms with Gasteiger partial charge in [-0.05, 0) is 11.0 Å². The Morgan fingerprint density at radius 3 is 1.00 bits per heavy atom. The molecule has 0 aromatic heterocycles. The zero-order valence-corrected chi connectivity index (χ0v) is 7.88. The van der Waals surface area contributed by atoms with Crippen LogP contribution in [0.15, 0.2) is 0 Å². The Balaban J connectivity index is -0.00000000533. The second kappa shape index (κ2) is 12.9. The van der Waals surface area contributed by atoms with Crippen LogP contribution in [-0.4, -0.2) is 102 Å². The van der Waals surface area contributed by atoms with Crippen LogP contribution in [0.25, 0.3) is 0 Å². The first-order valence-corrected chi connectivity index (χ1v) is 2.68. The second-order valence-corrected chi connectivity index (χ2v) is 1.80. The topological polar surface area (TPSA) is 80.9 Å². The molecule has 9 heteroatoms. The van der Waals surface area contributed by atoms with Crippen molar-refractivity contribution in [2.45, 2.75) is 0 Å². The van der Waals surface area contributed by atoms with Crippen LogP contribution in [0.3, 0.4) is 0 Å². The fourth-order valence-corrected chi connectivity index (χ4v) is 0. The van der Waals surface area contributed by atoms with E-state index in [4.69, 9.17) is 19.2 Å². The molecular formula is H14AlFO4Si2Sr. The molecule has 0 heterocycles. The SMILES string of the molecule is F.O[Si](O)(O)O.[AlH3].[H-].[H-].[SiH4].[Sr+2]. The smallest absolute Gasteiger partial charge is 1.00 e. The van der Waals surface area contributed by atoms with E-state index in [1.54, 1.807) is 0 Å². The minimum absolute atomic E-state index is 0. The monoisotopic (exact) mass is 268 g/mol. The largest absolute Gasteiger partial charge is 2.00 e. The van der Waals surface area contributed by atoms with Gasteiger partial charge in [0.1, 0.15) is 0 Å². The molecule has 0 aromatic rings. The Labute approximate surface area is 108 Å². The molecule has 0 aromatic carbocycles. The summed E-state index contributed by atoms with van der Waals surface area (Å²) in [7, 11) is -4.61. The van der Waals surface area contributed by atoms with Crippen LogP contribution in [-0.2, 0) is 0 Å². The quantitative estimate of drug-likeness (QED) is 0.331. The maximum absolute atomic E-state index is 7.33. The Bertz CT molecular complexity index is 41.6. The Morgan fingerprint density at radius 1 is 1.00 bits per heavy atom. The summed E-state index contributed by atoms with van der Waals surface area (Å²) >= 11 is 0. The van der Waals surface area contributed by atoms with E-state index in [0.717, 1.165) is 0 Å². The van der Waals surface area contributed by atoms with Gasteiger partial charge in [-0.3, -0.25) is 4.70 Å². The van der Waals surface area contributed by atoms with Crippen LogP contribution >= 0.6 is 0 Å². The average molecular weight is 268 g/mol. The first kappa shape index (κ1) is 30.3. The van der Waals surface area contributed by atoms with Crippen LogP contribution in [0.4, 0.5) is 4.70 Å². The molecule has 0 unspecified atom stereocenters. The van der Waals surface area contributed by atoms with Crippen molar-refractivity contribution in [3.05, 3.63) is 0 Å². The maximum atomic E-state index is 7.33. The van der Waals surface area contributed by atoms with Gasteiger partial charge in [0.2, 0.25) is 0 Å². The molecule has 0 aliphatic heterocycles. The van der Waals surface area contributed by atoms with Gasteiger partial charge in [-0.1, -0.05) is 0 Å². The van der Waals surface area contributed by atoms with Crippen molar-refractivity contribution in [1.29, 1.82) is 0 Å². The molecule has 0 aliphatic carbocycles. The van der Waals surface area contributed by atoms with Gasteiger partial charge in [0.15, 0.2) is 17.4 Å². The normalized spacial score (nSPS) is 6.67. The molecule has 0 bridgehead atoms. The summed E-state index contributed by atoms with van der Waals surface area (Å²) in [6, 6.07) is 0. The Kier molecular flexibility index (Phi) is 43.3. The van der Waals surface area contributed by atoms with E-state index in [1.807, 2.05) is 0 Å². The van der Waals surface area contributed by atoms with Crippen molar-refractivity contribution < 1.29 is 26.7 Å². The van der Waals surface area contributed by atoms with Gasteiger partial charge in [-0.25, -0.2) is 0 Å². The summed E-state index contributed by atoms with van der Waals surface area (Å²) in [5.74, 6) is 0. The van der Waals surface area contributed by atoms with Gasteiger partial charge in [0.05, 0.1) is 0 Å². The number of hydrogen-bond donors (Lipinski definition) is 4. The van der Waals surface area contributed by atoms with Gasteiger partial charge in [-0.15, -0.1) is 0 Å². The molecule has 0 spiro atoms. The van der Waals surface area contributed by atoms with Crippen LogP contribution in [0.2, 0.25) is 0 Å². The molecule has 58 valence electrons. The van der Waals surface area contributed by atoms with Crippen LogP contribution in [0.5, 0.6) is 0 Å². The van der Waals surface area contributed by atoms with Crippen LogP contribution in [0.1, 0.15) is 2.85 Å². The van der Waals surface area contributed by atoms with Gasteiger partial charge < -0.3 is 22.0 Å². The van der Waals surface area contributed by atoms with Crippen LogP contribution in [0, 0.1) is 0 Å². The minimum atomic E-state index is -4.61. The van der Waals surface area contributed by atoms with E-state index < -0.39 is 9.05 Å². The van der Waals surface area contributed by atoms with Gasteiger partial charge >= 0.3 is 54.5 Å². The molecule has 0 rings (SSSR count). The van der Waals surface area contributed by atoms with Gasteiger partial charge in [0, 0.05) is 0 Å². The summed E-state index contributed by atoms with van der Waals surface area (Å²) in [6.45, 7) is 0. The number of halogens is 1. The Hall–Kier alpha value is 2.22. The third-order valence-corrected chi connectivity index (χ3v) is 0. The second-order valence-electron chi connectivity index (χ2n) is 0.600. The molecule has 0 radical (unpaired) electrons. The van der Waals surface area contributed by atoms with Crippen molar-refractivity contribution in [2.24, 2.45) is 0 Å². The molecule has 0 fully saturated rings. The third-order valence-electron chi connectivity index (χ3n) is 0. The molecule has 0 saturated carbocycles. The summed E-state index contributed by atoms with van der Waals surface area (Å²) in [4.78, 5) is 29.3. The van der Waals surface area contributed by atoms with E-state index >= 15 is 0 Å². The van der Waals surface area contributed by atoms with Crippen molar-refractivity contribution in [1.82, 2.24) is 0 Å². The molecule has 0 atom stereocenters. The molecule has 4 N–H and O–H groups in total. The van der Waals surface area contributed by atoms with Crippen molar-refractivity contribution >= 4 is 82.9 Å². The van der Waals surface area contributed by atoms with E-state index in [2.05, 4.69) is 0 Å². The fourth-order valence-electron chi connectivity index (χ4n) is 0. The van der Waals surface area contributed by atoms with E-state index in [1.165, 1.54) is 0 Å². The zero-order valence-electron chi connectivity index (χ0n) is 5.40. The van der Waals surface area contributed by atoms with E-state index in [9.17, 15) is 0 Å². The minimum Gasteiger partial charge on any atom is -1.00 e.